The van der Waals surface area contributed by atoms with Crippen molar-refractivity contribution in [1.29, 1.82) is 0 Å². The molecule has 0 unspecified atom stereocenters. The number of halogens is 1. The zero-order chi connectivity index (χ0) is 6.57. The molecule has 0 spiro atoms. The van der Waals surface area contributed by atoms with Crippen LogP contribution in [0.1, 0.15) is 0 Å². The van der Waals surface area contributed by atoms with Gasteiger partial charge in [-0.05, 0) is 12.2 Å². The van der Waals surface area contributed by atoms with Gasteiger partial charge in [-0.3, -0.25) is 0 Å². The Labute approximate surface area is 52.8 Å². The van der Waals surface area contributed by atoms with Crippen molar-refractivity contribution in [2.75, 3.05) is 0 Å². The summed E-state index contributed by atoms with van der Waals surface area (Å²) in [5, 5.41) is 0.165. The Morgan fingerprint density at radius 1 is 1.12 bits per heavy atom. The molecule has 4 heteroatoms. The van der Waals surface area contributed by atoms with Gasteiger partial charge in [-0.25, -0.2) is 0 Å². The van der Waals surface area contributed by atoms with E-state index in [1.54, 1.807) is 0 Å². The van der Waals surface area contributed by atoms with Crippen molar-refractivity contribution in [2.24, 2.45) is 17.2 Å². The minimum atomic E-state index is 0.165. The third-order valence-corrected chi connectivity index (χ3v) is 0.561. The van der Waals surface area contributed by atoms with Gasteiger partial charge < -0.3 is 17.2 Å². The molecule has 0 aromatic carbocycles. The van der Waals surface area contributed by atoms with E-state index in [0.717, 1.165) is 0 Å². The van der Waals surface area contributed by atoms with Crippen LogP contribution in [0.15, 0.2) is 23.1 Å². The van der Waals surface area contributed by atoms with Gasteiger partial charge in [0.2, 0.25) is 0 Å². The van der Waals surface area contributed by atoms with Crippen molar-refractivity contribution in [3.63, 3.8) is 0 Å². The molecule has 0 saturated heterocycles. The quantitative estimate of drug-likeness (QED) is 0.342. The lowest BCUT2D eigenvalue weighted by Gasteiger charge is -1.84. The lowest BCUT2D eigenvalue weighted by molar-refractivity contribution is 1.25. The van der Waals surface area contributed by atoms with Crippen LogP contribution in [0.5, 0.6) is 0 Å². The maximum atomic E-state index is 5.21. The molecule has 0 bridgehead atoms. The molecular weight excluding hydrogens is 126 g/mol. The number of rotatable bonds is 1. The van der Waals surface area contributed by atoms with Crippen LogP contribution in [0, 0.1) is 0 Å². The fourth-order valence-electron chi connectivity index (χ4n) is 0.176. The lowest BCUT2D eigenvalue weighted by Crippen LogP contribution is -2.06. The molecule has 3 nitrogen and oxygen atoms in total. The van der Waals surface area contributed by atoms with Crippen LogP contribution in [0.3, 0.4) is 0 Å². The Hall–Kier alpha value is -0.830. The summed E-state index contributed by atoms with van der Waals surface area (Å²) in [5.41, 5.74) is 15.1. The van der Waals surface area contributed by atoms with Gasteiger partial charge in [0, 0.05) is 0 Å². The van der Waals surface area contributed by atoms with Crippen molar-refractivity contribution in [3.8, 4) is 0 Å². The van der Waals surface area contributed by atoms with E-state index in [0.29, 0.717) is 0 Å². The average Bonchev–Trinajstić information content (AvgIpc) is 1.61. The predicted molar refractivity (Wildman–Crippen MR) is 34.6 cm³/mol. The van der Waals surface area contributed by atoms with Crippen LogP contribution in [-0.2, 0) is 0 Å². The number of hydrogen-bond donors (Lipinski definition) is 3. The first kappa shape index (κ1) is 7.17. The van der Waals surface area contributed by atoms with Crippen molar-refractivity contribution in [3.05, 3.63) is 23.1 Å². The zero-order valence-corrected chi connectivity index (χ0v) is 5.02. The Morgan fingerprint density at radius 3 is 1.75 bits per heavy atom. The summed E-state index contributed by atoms with van der Waals surface area (Å²) in [6.45, 7) is 0. The van der Waals surface area contributed by atoms with E-state index in [1.807, 2.05) is 0 Å². The Bertz CT molecular complexity index is 103. The van der Waals surface area contributed by atoms with Crippen molar-refractivity contribution < 1.29 is 0 Å². The molecule has 0 saturated carbocycles. The van der Waals surface area contributed by atoms with Crippen LogP contribution in [-0.4, -0.2) is 0 Å². The molecule has 8 heavy (non-hydrogen) atoms. The van der Waals surface area contributed by atoms with E-state index in [-0.39, 0.29) is 11.0 Å². The highest BCUT2D eigenvalue weighted by Gasteiger charge is 1.74. The Morgan fingerprint density at radius 2 is 1.62 bits per heavy atom. The Kier molecular flexibility index (Phi) is 2.88. The molecule has 0 aliphatic heterocycles. The van der Waals surface area contributed by atoms with Crippen molar-refractivity contribution in [1.82, 2.24) is 0 Å². The minimum absolute atomic E-state index is 0.165. The van der Waals surface area contributed by atoms with E-state index in [4.69, 9.17) is 28.8 Å². The highest BCUT2D eigenvalue weighted by atomic mass is 35.5. The molecule has 0 aromatic heterocycles. The van der Waals surface area contributed by atoms with Gasteiger partial charge in [-0.2, -0.15) is 0 Å². The fraction of sp³-hybridized carbons (Fsp3) is 0. The van der Waals surface area contributed by atoms with Crippen molar-refractivity contribution in [2.45, 2.75) is 0 Å². The monoisotopic (exact) mass is 133 g/mol. The lowest BCUT2D eigenvalue weighted by atomic mass is 10.5. The molecule has 0 rings (SSSR count). The molecule has 0 amide bonds. The first-order valence-corrected chi connectivity index (χ1v) is 2.34. The second-order valence-corrected chi connectivity index (χ2v) is 1.65. The van der Waals surface area contributed by atoms with E-state index in [2.05, 4.69) is 0 Å². The predicted octanol–water partition coefficient (Wildman–Crippen LogP) is -0.216. The summed E-state index contributed by atoms with van der Waals surface area (Å²) in [6, 6.07) is 0. The smallest absolute Gasteiger partial charge is 0.0993 e. The fourth-order valence-corrected chi connectivity index (χ4v) is 0.239. The molecule has 0 fully saturated rings. The second kappa shape index (κ2) is 3.21. The number of allylic oxidation sites excluding steroid dienone is 2. The zero-order valence-electron chi connectivity index (χ0n) is 4.26. The molecule has 0 atom stereocenters. The van der Waals surface area contributed by atoms with Gasteiger partial charge >= 0.3 is 0 Å². The molecule has 0 aliphatic carbocycles. The summed E-state index contributed by atoms with van der Waals surface area (Å²) in [4.78, 5) is 0. The van der Waals surface area contributed by atoms with Gasteiger partial charge in [-0.1, -0.05) is 11.6 Å². The average molecular weight is 134 g/mol. The molecule has 0 aromatic rings. The summed E-state index contributed by atoms with van der Waals surface area (Å²) >= 11 is 5.21. The largest absolute Gasteiger partial charge is 0.389 e. The molecule has 0 aliphatic rings. The number of nitrogens with two attached hydrogens (primary N) is 3. The van der Waals surface area contributed by atoms with Crippen LogP contribution < -0.4 is 17.2 Å². The maximum absolute atomic E-state index is 5.21. The van der Waals surface area contributed by atoms with E-state index in [9.17, 15) is 0 Å². The van der Waals surface area contributed by atoms with E-state index in [1.165, 1.54) is 12.2 Å². The molecule has 46 valence electrons. The van der Waals surface area contributed by atoms with Crippen LogP contribution in [0.2, 0.25) is 0 Å². The van der Waals surface area contributed by atoms with Gasteiger partial charge in [0.05, 0.1) is 11.0 Å². The molecule has 6 N–H and O–H groups in total. The second-order valence-electron chi connectivity index (χ2n) is 1.22. The summed E-state index contributed by atoms with van der Waals surface area (Å²) in [7, 11) is 0. The van der Waals surface area contributed by atoms with Crippen molar-refractivity contribution >= 4 is 11.6 Å². The molecule has 0 radical (unpaired) electrons. The van der Waals surface area contributed by atoms with Gasteiger partial charge in [0.15, 0.2) is 0 Å². The molecular formula is C4H8ClN3. The molecule has 0 heterocycles. The first-order chi connectivity index (χ1) is 3.63. The topological polar surface area (TPSA) is 78.1 Å². The normalized spacial score (nSPS) is 10.9. The number of hydrogen-bond acceptors (Lipinski definition) is 3. The van der Waals surface area contributed by atoms with Crippen LogP contribution in [0.25, 0.3) is 0 Å². The SMILES string of the molecule is NC(N)=C/C=C(\N)Cl. The summed E-state index contributed by atoms with van der Waals surface area (Å²) in [6.07, 6.45) is 2.83. The standard InChI is InChI=1S/C4H8ClN3/c5-3(6)1-2-4(7)8/h1-2H,6-8H2/b3-1-. The van der Waals surface area contributed by atoms with Gasteiger partial charge in [0.1, 0.15) is 0 Å². The Balaban J connectivity index is 3.76. The van der Waals surface area contributed by atoms with Gasteiger partial charge in [0.25, 0.3) is 0 Å². The van der Waals surface area contributed by atoms with Crippen LogP contribution >= 0.6 is 11.6 Å². The summed E-state index contributed by atoms with van der Waals surface area (Å²) in [5.74, 6) is 0.189. The maximum Gasteiger partial charge on any atom is 0.0993 e. The van der Waals surface area contributed by atoms with E-state index >= 15 is 0 Å². The summed E-state index contributed by atoms with van der Waals surface area (Å²) < 4.78 is 0. The minimum Gasteiger partial charge on any atom is -0.389 e. The van der Waals surface area contributed by atoms with E-state index < -0.39 is 0 Å². The highest BCUT2D eigenvalue weighted by molar-refractivity contribution is 6.29. The third-order valence-electron chi connectivity index (χ3n) is 0.435. The third kappa shape index (κ3) is 5.17. The van der Waals surface area contributed by atoms with Gasteiger partial charge in [-0.15, -0.1) is 0 Å². The first-order valence-electron chi connectivity index (χ1n) is 1.97. The highest BCUT2D eigenvalue weighted by Crippen LogP contribution is 1.88. The van der Waals surface area contributed by atoms with Crippen LogP contribution in [0.4, 0.5) is 0 Å².